The molecule has 0 aromatic rings. The van der Waals surface area contributed by atoms with Crippen molar-refractivity contribution in [2.45, 2.75) is 406 Å². The number of hydrogen-bond acceptors (Lipinski definition) is 6. The molecule has 0 spiro atoms. The lowest BCUT2D eigenvalue weighted by atomic mass is 10.0. The van der Waals surface area contributed by atoms with Crippen LogP contribution in [-0.2, 0) is 28.6 Å². The Kier molecular flexibility index (Phi) is 65.6. The zero-order valence-electron chi connectivity index (χ0n) is 53.0. The molecule has 0 fully saturated rings. The first kappa shape index (κ1) is 75.9. The Morgan fingerprint density at radius 2 is 0.474 bits per heavy atom. The van der Waals surface area contributed by atoms with Crippen LogP contribution in [0.4, 0.5) is 0 Å². The van der Waals surface area contributed by atoms with Crippen molar-refractivity contribution in [1.82, 2.24) is 0 Å². The van der Waals surface area contributed by atoms with E-state index in [1.807, 2.05) is 0 Å². The molecule has 0 saturated carbocycles. The van der Waals surface area contributed by atoms with Gasteiger partial charge in [0.15, 0.2) is 6.10 Å². The second kappa shape index (κ2) is 67.4. The molecule has 0 aromatic carbocycles. The van der Waals surface area contributed by atoms with Gasteiger partial charge < -0.3 is 14.2 Å². The molecule has 0 bridgehead atoms. The summed E-state index contributed by atoms with van der Waals surface area (Å²) < 4.78 is 17.0. The molecule has 1 atom stereocenters. The zero-order valence-corrected chi connectivity index (χ0v) is 53.0. The normalized spacial score (nSPS) is 12.1. The van der Waals surface area contributed by atoms with Crippen molar-refractivity contribution in [3.05, 3.63) is 24.3 Å². The third-order valence-corrected chi connectivity index (χ3v) is 16.2. The Labute approximate surface area is 487 Å². The average molecular weight is 1100 g/mol. The maximum absolute atomic E-state index is 12.9. The lowest BCUT2D eigenvalue weighted by molar-refractivity contribution is -0.167. The van der Waals surface area contributed by atoms with Crippen LogP contribution in [0.15, 0.2) is 24.3 Å². The molecule has 0 saturated heterocycles. The van der Waals surface area contributed by atoms with Gasteiger partial charge in [0.05, 0.1) is 0 Å². The summed E-state index contributed by atoms with van der Waals surface area (Å²) in [6, 6.07) is 0. The van der Waals surface area contributed by atoms with Crippen molar-refractivity contribution in [3.63, 3.8) is 0 Å². The van der Waals surface area contributed by atoms with Crippen molar-refractivity contribution >= 4 is 17.9 Å². The lowest BCUT2D eigenvalue weighted by Crippen LogP contribution is -2.30. The van der Waals surface area contributed by atoms with Crippen LogP contribution < -0.4 is 0 Å². The quantitative estimate of drug-likeness (QED) is 0.0261. The van der Waals surface area contributed by atoms with E-state index in [2.05, 4.69) is 45.1 Å². The molecule has 0 radical (unpaired) electrons. The Bertz CT molecular complexity index is 1260. The van der Waals surface area contributed by atoms with E-state index in [9.17, 15) is 14.4 Å². The molecule has 0 aliphatic heterocycles. The second-order valence-corrected chi connectivity index (χ2v) is 24.2. The van der Waals surface area contributed by atoms with Gasteiger partial charge in [0.1, 0.15) is 13.2 Å². The van der Waals surface area contributed by atoms with Gasteiger partial charge in [-0.15, -0.1) is 0 Å². The van der Waals surface area contributed by atoms with Gasteiger partial charge in [0.25, 0.3) is 0 Å². The van der Waals surface area contributed by atoms with E-state index >= 15 is 0 Å². The van der Waals surface area contributed by atoms with Crippen molar-refractivity contribution in [1.29, 1.82) is 0 Å². The Hall–Kier alpha value is -2.11. The highest BCUT2D eigenvalue weighted by molar-refractivity contribution is 5.71. The number of esters is 3. The fourth-order valence-electron chi connectivity index (χ4n) is 10.9. The predicted molar refractivity (Wildman–Crippen MR) is 340 cm³/mol. The summed E-state index contributed by atoms with van der Waals surface area (Å²) in [6.45, 7) is 6.68. The zero-order chi connectivity index (χ0) is 56.4. The molecule has 460 valence electrons. The van der Waals surface area contributed by atoms with Crippen molar-refractivity contribution in [2.75, 3.05) is 13.2 Å². The summed E-state index contributed by atoms with van der Waals surface area (Å²) >= 11 is 0. The third kappa shape index (κ3) is 64.7. The first-order valence-corrected chi connectivity index (χ1v) is 35.3. The topological polar surface area (TPSA) is 78.9 Å². The van der Waals surface area contributed by atoms with Gasteiger partial charge in [0, 0.05) is 19.3 Å². The van der Waals surface area contributed by atoms with E-state index in [0.717, 1.165) is 77.0 Å². The molecule has 0 aliphatic rings. The fourth-order valence-corrected chi connectivity index (χ4v) is 10.9. The molecule has 1 unspecified atom stereocenters. The number of allylic oxidation sites excluding steroid dienone is 4. The molecule has 0 aliphatic carbocycles. The van der Waals surface area contributed by atoms with Crippen molar-refractivity contribution < 1.29 is 28.6 Å². The monoisotopic (exact) mass is 1100 g/mol. The van der Waals surface area contributed by atoms with Crippen molar-refractivity contribution in [3.8, 4) is 0 Å². The molecule has 0 N–H and O–H groups in total. The molecular weight excluding hydrogens is 961 g/mol. The standard InChI is InChI=1S/C72H136O6/c1-4-7-10-13-16-19-22-25-28-30-32-34-35-36-37-39-40-42-44-47-50-53-56-59-62-65-71(74)77-68-69(67-76-70(73)64-61-58-55-52-49-46-27-24-21-18-15-12-9-6-3)78-72(75)66-63-60-57-54-51-48-45-43-41-38-33-31-29-26-23-20-17-14-11-8-5-2/h15,18,24,27,69H,4-14,16-17,19-23,25-26,28-68H2,1-3H3/b18-15-,27-24-. The van der Waals surface area contributed by atoms with Crippen LogP contribution in [0.2, 0.25) is 0 Å². The molecule has 0 aromatic heterocycles. The summed E-state index contributed by atoms with van der Waals surface area (Å²) in [5, 5.41) is 0. The maximum Gasteiger partial charge on any atom is 0.306 e. The van der Waals surface area contributed by atoms with Gasteiger partial charge in [0.2, 0.25) is 0 Å². The summed E-state index contributed by atoms with van der Waals surface area (Å²) in [7, 11) is 0. The van der Waals surface area contributed by atoms with E-state index in [4.69, 9.17) is 14.2 Å². The number of carbonyl (C=O) groups is 3. The molecule has 6 nitrogen and oxygen atoms in total. The average Bonchev–Trinajstić information content (AvgIpc) is 3.44. The summed E-state index contributed by atoms with van der Waals surface area (Å²) in [6.07, 6.45) is 82.1. The van der Waals surface area contributed by atoms with Gasteiger partial charge >= 0.3 is 17.9 Å². The van der Waals surface area contributed by atoms with Crippen molar-refractivity contribution in [2.24, 2.45) is 0 Å². The second-order valence-electron chi connectivity index (χ2n) is 24.2. The number of rotatable bonds is 66. The highest BCUT2D eigenvalue weighted by atomic mass is 16.6. The van der Waals surface area contributed by atoms with Gasteiger partial charge in [-0.1, -0.05) is 360 Å². The van der Waals surface area contributed by atoms with Crippen LogP contribution in [0, 0.1) is 0 Å². The largest absolute Gasteiger partial charge is 0.462 e. The maximum atomic E-state index is 12.9. The van der Waals surface area contributed by atoms with E-state index in [-0.39, 0.29) is 31.1 Å². The van der Waals surface area contributed by atoms with Crippen LogP contribution in [-0.4, -0.2) is 37.2 Å². The Morgan fingerprint density at radius 1 is 0.256 bits per heavy atom. The minimum absolute atomic E-state index is 0.0693. The molecule has 0 rings (SSSR count). The minimum atomic E-state index is -0.774. The molecule has 78 heavy (non-hydrogen) atoms. The van der Waals surface area contributed by atoms with E-state index < -0.39 is 6.10 Å². The number of hydrogen-bond donors (Lipinski definition) is 0. The highest BCUT2D eigenvalue weighted by Crippen LogP contribution is 2.19. The Balaban J connectivity index is 4.23. The number of ether oxygens (including phenoxy) is 3. The van der Waals surface area contributed by atoms with Crippen LogP contribution in [0.1, 0.15) is 400 Å². The lowest BCUT2D eigenvalue weighted by Gasteiger charge is -2.18. The van der Waals surface area contributed by atoms with Gasteiger partial charge in [-0.05, 0) is 44.9 Å². The van der Waals surface area contributed by atoms with Gasteiger partial charge in [-0.3, -0.25) is 14.4 Å². The van der Waals surface area contributed by atoms with Crippen LogP contribution in [0.3, 0.4) is 0 Å². The molecule has 6 heteroatoms. The van der Waals surface area contributed by atoms with Gasteiger partial charge in [-0.25, -0.2) is 0 Å². The third-order valence-electron chi connectivity index (χ3n) is 16.2. The predicted octanol–water partition coefficient (Wildman–Crippen LogP) is 24.2. The fraction of sp³-hybridized carbons (Fsp3) is 0.903. The summed E-state index contributed by atoms with van der Waals surface area (Å²) in [4.78, 5) is 38.4. The SMILES string of the molecule is CCCC/C=C\C/C=C\CCCCCCCC(=O)OCC(COC(=O)CCCCCCCCCCCCCCCCCCCCCCCCCCC)OC(=O)CCCCCCCCCCCCCCCCCCCCCCC. The first-order valence-electron chi connectivity index (χ1n) is 35.3. The Morgan fingerprint density at radius 3 is 0.744 bits per heavy atom. The molecular formula is C72H136O6. The smallest absolute Gasteiger partial charge is 0.306 e. The van der Waals surface area contributed by atoms with E-state index in [1.54, 1.807) is 0 Å². The highest BCUT2D eigenvalue weighted by Gasteiger charge is 2.19. The first-order chi connectivity index (χ1) is 38.5. The number of carbonyl (C=O) groups excluding carboxylic acids is 3. The van der Waals surface area contributed by atoms with Crippen LogP contribution >= 0.6 is 0 Å². The van der Waals surface area contributed by atoms with Gasteiger partial charge in [-0.2, -0.15) is 0 Å². The molecule has 0 amide bonds. The van der Waals surface area contributed by atoms with E-state index in [1.165, 1.54) is 283 Å². The summed E-state index contributed by atoms with van der Waals surface area (Å²) in [5.74, 6) is -0.851. The van der Waals surface area contributed by atoms with Crippen LogP contribution in [0.5, 0.6) is 0 Å². The van der Waals surface area contributed by atoms with Crippen LogP contribution in [0.25, 0.3) is 0 Å². The number of unbranched alkanes of at least 4 members (excludes halogenated alkanes) is 51. The minimum Gasteiger partial charge on any atom is -0.462 e. The summed E-state index contributed by atoms with van der Waals surface area (Å²) in [5.41, 5.74) is 0. The van der Waals surface area contributed by atoms with E-state index in [0.29, 0.717) is 19.3 Å². The molecule has 0 heterocycles.